The van der Waals surface area contributed by atoms with Crippen LogP contribution in [0.5, 0.6) is 0 Å². The highest BCUT2D eigenvalue weighted by molar-refractivity contribution is 6.27. The Balaban J connectivity index is 0.999. The van der Waals surface area contributed by atoms with Crippen LogP contribution in [0.1, 0.15) is 84.6 Å². The molecule has 4 fully saturated rings. The number of likely N-dealkylation sites (tertiary alicyclic amines) is 1. The van der Waals surface area contributed by atoms with Gasteiger partial charge in [0, 0.05) is 104 Å². The number of anilines is 1. The molecule has 394 valence electrons. The fourth-order valence-electron chi connectivity index (χ4n) is 10.8. The molecule has 0 bridgehead atoms. The summed E-state index contributed by atoms with van der Waals surface area (Å²) in [6, 6.07) is 10.3. The number of morpholine rings is 2. The summed E-state index contributed by atoms with van der Waals surface area (Å²) < 4.78 is 26.5. The molecule has 2 N–H and O–H groups in total. The number of ether oxygens (including phenoxy) is 4. The van der Waals surface area contributed by atoms with Gasteiger partial charge in [-0.2, -0.15) is 0 Å². The number of esters is 1. The van der Waals surface area contributed by atoms with Crippen molar-refractivity contribution in [3.8, 4) is 11.3 Å². The Kier molecular flexibility index (Phi) is 18.0. The molecule has 20 heteroatoms. The van der Waals surface area contributed by atoms with Gasteiger partial charge in [0.15, 0.2) is 0 Å². The molecule has 18 nitrogen and oxygen atoms in total. The monoisotopic (exact) mass is 1040 g/mol. The van der Waals surface area contributed by atoms with Crippen molar-refractivity contribution in [3.63, 3.8) is 0 Å². The van der Waals surface area contributed by atoms with E-state index in [2.05, 4.69) is 92.3 Å². The van der Waals surface area contributed by atoms with Crippen LogP contribution in [-0.4, -0.2) is 189 Å². The quantitative estimate of drug-likeness (QED) is 0.111. The Hall–Kier alpha value is -5.13. The highest BCUT2D eigenvalue weighted by atomic mass is 28.1. The van der Waals surface area contributed by atoms with E-state index in [1.807, 2.05) is 26.8 Å². The maximum atomic E-state index is 14.1. The second-order valence-corrected chi connectivity index (χ2v) is 22.4. The number of piperidine rings is 1. The van der Waals surface area contributed by atoms with Crippen molar-refractivity contribution in [1.29, 1.82) is 0 Å². The second-order valence-electron chi connectivity index (χ2n) is 21.1. The van der Waals surface area contributed by atoms with Crippen LogP contribution in [-0.2, 0) is 51.1 Å². The van der Waals surface area contributed by atoms with Gasteiger partial charge in [-0.3, -0.25) is 29.2 Å². The molecular formula is C53H75N9O9Si2. The lowest BCUT2D eigenvalue weighted by Gasteiger charge is -2.47. The highest BCUT2D eigenvalue weighted by Gasteiger charge is 2.44. The molecule has 5 amide bonds. The number of pyridine rings is 1. The molecule has 7 rings (SSSR count). The van der Waals surface area contributed by atoms with Gasteiger partial charge in [-0.05, 0) is 99.9 Å². The number of urea groups is 1. The second kappa shape index (κ2) is 23.6. The van der Waals surface area contributed by atoms with E-state index in [0.717, 1.165) is 58.2 Å². The van der Waals surface area contributed by atoms with Crippen LogP contribution in [0.15, 0.2) is 49.2 Å². The molecule has 0 aliphatic carbocycles. The van der Waals surface area contributed by atoms with Gasteiger partial charge >= 0.3 is 12.0 Å². The Labute approximate surface area is 437 Å². The lowest BCUT2D eigenvalue weighted by atomic mass is 9.84. The minimum atomic E-state index is -1.40. The molecule has 4 aliphatic heterocycles. The number of hydrazine groups is 1. The lowest BCUT2D eigenvalue weighted by molar-refractivity contribution is -0.157. The first-order chi connectivity index (χ1) is 34.8. The number of nitrogens with zero attached hydrogens (tertiary/aromatic N) is 7. The average Bonchev–Trinajstić information content (AvgIpc) is 3.69. The first-order valence-electron chi connectivity index (χ1n) is 25.8. The van der Waals surface area contributed by atoms with Gasteiger partial charge in [-0.25, -0.2) is 10.2 Å². The first kappa shape index (κ1) is 55.6. The minimum Gasteiger partial charge on any atom is -0.464 e. The third-order valence-corrected chi connectivity index (χ3v) is 15.9. The van der Waals surface area contributed by atoms with Crippen LogP contribution in [0.3, 0.4) is 0 Å². The fourth-order valence-corrected chi connectivity index (χ4v) is 11.5. The van der Waals surface area contributed by atoms with Crippen LogP contribution in [0.2, 0.25) is 6.04 Å². The number of hydrogen-bond acceptors (Lipinski definition) is 12. The summed E-state index contributed by atoms with van der Waals surface area (Å²) in [5, 5.41) is 3.81. The van der Waals surface area contributed by atoms with Crippen LogP contribution >= 0.6 is 0 Å². The predicted molar refractivity (Wildman–Crippen MR) is 281 cm³/mol. The predicted octanol–water partition coefficient (Wildman–Crippen LogP) is 4.40. The van der Waals surface area contributed by atoms with Crippen molar-refractivity contribution < 1.29 is 42.9 Å². The number of fused-ring (bicyclic) bond motifs is 1. The zero-order valence-electron chi connectivity index (χ0n) is 44.1. The summed E-state index contributed by atoms with van der Waals surface area (Å²) in [4.78, 5) is 79.9. The maximum Gasteiger partial charge on any atom is 0.323 e. The van der Waals surface area contributed by atoms with Gasteiger partial charge in [0.1, 0.15) is 11.2 Å². The third-order valence-electron chi connectivity index (χ3n) is 14.9. The molecule has 1 aromatic carbocycles. The van der Waals surface area contributed by atoms with Crippen molar-refractivity contribution in [2.75, 3.05) is 91.2 Å². The number of amides is 5. The number of likely N-dealkylation sites (N-methyl/N-ethyl adjacent to an activating group) is 1. The summed E-state index contributed by atoms with van der Waals surface area (Å²) in [5.41, 5.74) is 8.17. The first-order valence-corrected chi connectivity index (χ1v) is 27.0. The molecule has 6 heterocycles. The standard InChI is InChI=1S/C53H75N9O9Si2/c1-10-43(63)60-25-27-71-52(33-60)18-22-58(23-19-52)50(67)57(8)46(35(3)4)48(65)55-30-44(64)62-21-13-17-53(73,56-62)49(66)70-34-51(6,7)29-41-40-28-37(59-24-26-69-38(31-59)32-72)15-16-42(40)61(11-2)47(41)39-14-12-20-54-45(39)36(5)68-9/h10,12,14-16,20,28,35-36,38,46,56H,1,11,13,17-19,21-27,29-34H2,2-9H3,(H,55,65)/t36-,38+,46-,53?/m0/s1. The van der Waals surface area contributed by atoms with Crippen molar-refractivity contribution in [1.82, 2.24) is 40.0 Å². The number of hydrogen-bond donors (Lipinski definition) is 2. The van der Waals surface area contributed by atoms with Crippen LogP contribution < -0.4 is 15.6 Å². The molecule has 4 saturated heterocycles. The van der Waals surface area contributed by atoms with Gasteiger partial charge < -0.3 is 48.4 Å². The largest absolute Gasteiger partial charge is 0.464 e. The zero-order chi connectivity index (χ0) is 52.8. The van der Waals surface area contributed by atoms with Gasteiger partial charge in [-0.15, -0.1) is 0 Å². The molecular weight excluding hydrogens is 963 g/mol. The number of carbonyl (C=O) groups excluding carboxylic acids is 5. The number of rotatable bonds is 17. The van der Waals surface area contributed by atoms with Crippen LogP contribution in [0, 0.1) is 11.3 Å². The van der Waals surface area contributed by atoms with Gasteiger partial charge in [0.05, 0.1) is 72.3 Å². The summed E-state index contributed by atoms with van der Waals surface area (Å²) in [7, 11) is 10.6. The molecule has 1 unspecified atom stereocenters. The molecule has 1 spiro atoms. The van der Waals surface area contributed by atoms with Crippen LogP contribution in [0.25, 0.3) is 22.2 Å². The smallest absolute Gasteiger partial charge is 0.323 e. The zero-order valence-corrected chi connectivity index (χ0v) is 46.1. The van der Waals surface area contributed by atoms with E-state index < -0.39 is 40.0 Å². The van der Waals surface area contributed by atoms with E-state index in [1.54, 1.807) is 30.2 Å². The lowest BCUT2D eigenvalue weighted by Crippen LogP contribution is -2.66. The Morgan fingerprint density at radius 3 is 2.49 bits per heavy atom. The molecule has 73 heavy (non-hydrogen) atoms. The SMILES string of the molecule is C=CC(=O)N1CCOC2(CCN(C(=O)N(C)[C@H](C(=O)NCC(=O)N3CCCC([Si])(C(=O)OCC(C)(C)Cc4c(-c5cccnc5[C@H](C)OC)n(CC)c5ccc(N6CCO[C@@H](C[Si])C6)cc45)N3)C(C)C)CC2)C1. The van der Waals surface area contributed by atoms with Crippen molar-refractivity contribution in [3.05, 3.63) is 60.4 Å². The average molecular weight is 1040 g/mol. The number of nitrogens with one attached hydrogen (secondary N) is 2. The Morgan fingerprint density at radius 2 is 1.81 bits per heavy atom. The van der Waals surface area contributed by atoms with E-state index in [0.29, 0.717) is 84.6 Å². The van der Waals surface area contributed by atoms with Crippen molar-refractivity contribution >= 4 is 66.8 Å². The van der Waals surface area contributed by atoms with E-state index in [1.165, 1.54) is 16.0 Å². The van der Waals surface area contributed by atoms with E-state index >= 15 is 0 Å². The summed E-state index contributed by atoms with van der Waals surface area (Å²) >= 11 is 0. The van der Waals surface area contributed by atoms with Gasteiger partial charge in [0.2, 0.25) is 11.8 Å². The van der Waals surface area contributed by atoms with Gasteiger partial charge in [-0.1, -0.05) is 34.3 Å². The van der Waals surface area contributed by atoms with Gasteiger partial charge in [0.25, 0.3) is 5.91 Å². The highest BCUT2D eigenvalue weighted by Crippen LogP contribution is 2.42. The van der Waals surface area contributed by atoms with Crippen molar-refractivity contribution in [2.24, 2.45) is 11.3 Å². The molecule has 4 atom stereocenters. The minimum absolute atomic E-state index is 0.0799. The molecule has 6 radical (unpaired) electrons. The Bertz CT molecular complexity index is 2500. The topological polar surface area (TPSA) is 180 Å². The van der Waals surface area contributed by atoms with Crippen LogP contribution in [0.4, 0.5) is 10.5 Å². The molecule has 4 aliphatic rings. The number of aromatic nitrogens is 2. The van der Waals surface area contributed by atoms with E-state index in [-0.39, 0.29) is 43.2 Å². The maximum absolute atomic E-state index is 14.1. The number of carbonyl (C=O) groups is 5. The summed E-state index contributed by atoms with van der Waals surface area (Å²) in [6.45, 7) is 20.7. The number of benzene rings is 1. The Morgan fingerprint density at radius 1 is 1.05 bits per heavy atom. The van der Waals surface area contributed by atoms with Crippen molar-refractivity contribution in [2.45, 2.75) is 115 Å². The number of methoxy groups -OCH3 is 1. The summed E-state index contributed by atoms with van der Waals surface area (Å²) in [5.74, 6) is -1.89. The van der Waals surface area contributed by atoms with E-state index in [4.69, 9.17) is 23.9 Å². The number of aryl methyl sites for hydroxylation is 1. The van der Waals surface area contributed by atoms with E-state index in [9.17, 15) is 24.0 Å². The molecule has 0 saturated carbocycles. The fraction of sp³-hybridized carbons (Fsp3) is 0.623. The molecule has 2 aromatic heterocycles. The third kappa shape index (κ3) is 12.4. The summed E-state index contributed by atoms with van der Waals surface area (Å²) in [6.07, 6.45) is 5.42. The normalized spacial score (nSPS) is 21.3. The molecule has 3 aromatic rings.